The molecule has 0 aliphatic carbocycles. The lowest BCUT2D eigenvalue weighted by Gasteiger charge is -2.09. The minimum Gasteiger partial charge on any atom is -0.494 e. The van der Waals surface area contributed by atoms with Crippen molar-refractivity contribution in [3.63, 3.8) is 0 Å². The molecule has 3 rings (SSSR count). The van der Waals surface area contributed by atoms with E-state index in [0.717, 1.165) is 11.8 Å². The summed E-state index contributed by atoms with van der Waals surface area (Å²) in [5, 5.41) is 2.82. The number of aromatic nitrogens is 1. The number of hydrogen-bond donors (Lipinski definition) is 2. The molecular formula is C27H29N3O8S. The van der Waals surface area contributed by atoms with Gasteiger partial charge >= 0.3 is 5.97 Å². The van der Waals surface area contributed by atoms with Crippen molar-refractivity contribution in [1.82, 2.24) is 15.0 Å². The second-order valence-electron chi connectivity index (χ2n) is 8.10. The summed E-state index contributed by atoms with van der Waals surface area (Å²) in [6.07, 6.45) is 1.56. The lowest BCUT2D eigenvalue weighted by atomic mass is 10.1. The molecule has 206 valence electrons. The topological polar surface area (TPSA) is 150 Å². The van der Waals surface area contributed by atoms with Gasteiger partial charge in [-0.1, -0.05) is 12.1 Å². The molecule has 0 saturated heterocycles. The first-order chi connectivity index (χ1) is 18.7. The van der Waals surface area contributed by atoms with Gasteiger partial charge in [-0.05, 0) is 67.4 Å². The van der Waals surface area contributed by atoms with Gasteiger partial charge in [0.1, 0.15) is 18.1 Å². The van der Waals surface area contributed by atoms with Crippen LogP contribution in [-0.4, -0.2) is 64.7 Å². The minimum atomic E-state index is -4.16. The van der Waals surface area contributed by atoms with Gasteiger partial charge in [-0.25, -0.2) is 22.9 Å². The normalized spacial score (nSPS) is 10.9. The van der Waals surface area contributed by atoms with E-state index in [1.165, 1.54) is 31.4 Å². The Morgan fingerprint density at radius 1 is 0.872 bits per heavy atom. The molecule has 39 heavy (non-hydrogen) atoms. The van der Waals surface area contributed by atoms with Gasteiger partial charge in [-0.15, -0.1) is 0 Å². The SMILES string of the molecule is CCOc1ccc(C(=O)NCCc2ccc(S(=O)(=O)NC(=O)c3ccc(C(=O)OCCOC)nc3)cc2)cc1. The Labute approximate surface area is 226 Å². The molecule has 0 unspecified atom stereocenters. The van der Waals surface area contributed by atoms with Gasteiger partial charge in [-0.2, -0.15) is 0 Å². The molecule has 0 spiro atoms. The van der Waals surface area contributed by atoms with Crippen molar-refractivity contribution in [1.29, 1.82) is 0 Å². The van der Waals surface area contributed by atoms with Gasteiger partial charge in [0.15, 0.2) is 0 Å². The van der Waals surface area contributed by atoms with Crippen LogP contribution >= 0.6 is 0 Å². The molecule has 0 atom stereocenters. The van der Waals surface area contributed by atoms with Gasteiger partial charge in [0.05, 0.1) is 23.7 Å². The summed E-state index contributed by atoms with van der Waals surface area (Å²) in [6.45, 7) is 3.04. The highest BCUT2D eigenvalue weighted by molar-refractivity contribution is 7.90. The number of esters is 1. The third-order valence-electron chi connectivity index (χ3n) is 5.34. The van der Waals surface area contributed by atoms with E-state index in [9.17, 15) is 22.8 Å². The van der Waals surface area contributed by atoms with E-state index >= 15 is 0 Å². The molecule has 12 heteroatoms. The molecule has 1 aromatic heterocycles. The van der Waals surface area contributed by atoms with Gasteiger partial charge in [-0.3, -0.25) is 9.59 Å². The number of benzene rings is 2. The van der Waals surface area contributed by atoms with Crippen molar-refractivity contribution >= 4 is 27.8 Å². The molecule has 0 saturated carbocycles. The highest BCUT2D eigenvalue weighted by Crippen LogP contribution is 2.14. The summed E-state index contributed by atoms with van der Waals surface area (Å²) in [5.41, 5.74) is 1.22. The number of carbonyl (C=O) groups is 3. The number of rotatable bonds is 13. The van der Waals surface area contributed by atoms with Crippen LogP contribution in [0.4, 0.5) is 0 Å². The fraction of sp³-hybridized carbons (Fsp3) is 0.259. The van der Waals surface area contributed by atoms with Crippen molar-refractivity contribution in [3.05, 3.63) is 89.2 Å². The third-order valence-corrected chi connectivity index (χ3v) is 6.69. The summed E-state index contributed by atoms with van der Waals surface area (Å²) in [6, 6.07) is 15.3. The summed E-state index contributed by atoms with van der Waals surface area (Å²) in [5.74, 6) is -1.14. The average Bonchev–Trinajstić information content (AvgIpc) is 2.94. The highest BCUT2D eigenvalue weighted by atomic mass is 32.2. The van der Waals surface area contributed by atoms with Crippen LogP contribution in [0.5, 0.6) is 5.75 Å². The van der Waals surface area contributed by atoms with E-state index in [1.54, 1.807) is 36.4 Å². The first-order valence-electron chi connectivity index (χ1n) is 12.0. The molecular weight excluding hydrogens is 526 g/mol. The van der Waals surface area contributed by atoms with E-state index in [4.69, 9.17) is 14.2 Å². The number of methoxy groups -OCH3 is 1. The molecule has 0 fully saturated rings. The zero-order chi connectivity index (χ0) is 28.3. The molecule has 0 aliphatic rings. The number of pyridine rings is 1. The van der Waals surface area contributed by atoms with E-state index in [1.807, 2.05) is 11.6 Å². The summed E-state index contributed by atoms with van der Waals surface area (Å²) >= 11 is 0. The molecule has 1 heterocycles. The fourth-order valence-corrected chi connectivity index (χ4v) is 4.28. The second kappa shape index (κ2) is 14.0. The van der Waals surface area contributed by atoms with Crippen LogP contribution in [0.3, 0.4) is 0 Å². The van der Waals surface area contributed by atoms with Gasteiger partial charge < -0.3 is 19.5 Å². The summed E-state index contributed by atoms with van der Waals surface area (Å²) < 4.78 is 42.4. The van der Waals surface area contributed by atoms with Crippen molar-refractivity contribution in [2.45, 2.75) is 18.2 Å². The zero-order valence-electron chi connectivity index (χ0n) is 21.5. The number of ether oxygens (including phenoxy) is 3. The zero-order valence-corrected chi connectivity index (χ0v) is 22.3. The van der Waals surface area contributed by atoms with Gasteiger partial charge in [0.2, 0.25) is 0 Å². The minimum absolute atomic E-state index is 0.0308. The molecule has 2 aromatic carbocycles. The summed E-state index contributed by atoms with van der Waals surface area (Å²) in [7, 11) is -2.69. The average molecular weight is 556 g/mol. The van der Waals surface area contributed by atoms with Crippen LogP contribution in [0.15, 0.2) is 71.8 Å². The second-order valence-corrected chi connectivity index (χ2v) is 9.79. The van der Waals surface area contributed by atoms with Crippen molar-refractivity contribution in [3.8, 4) is 5.75 Å². The molecule has 3 aromatic rings. The first-order valence-corrected chi connectivity index (χ1v) is 13.5. The standard InChI is InChI=1S/C27H29N3O8S/c1-3-37-22-9-6-20(7-10-22)25(31)28-15-14-19-4-11-23(12-5-19)39(34,35)30-26(32)21-8-13-24(29-18-21)27(33)38-17-16-36-2/h4-13,18H,3,14-17H2,1-2H3,(H,28,31)(H,30,32). The fourth-order valence-electron chi connectivity index (χ4n) is 3.31. The van der Waals surface area contributed by atoms with Gasteiger partial charge in [0, 0.05) is 25.4 Å². The van der Waals surface area contributed by atoms with E-state index < -0.39 is 21.9 Å². The maximum Gasteiger partial charge on any atom is 0.356 e. The lowest BCUT2D eigenvalue weighted by molar-refractivity contribution is 0.0381. The number of amides is 2. The largest absolute Gasteiger partial charge is 0.494 e. The van der Waals surface area contributed by atoms with Crippen LogP contribution in [0, 0.1) is 0 Å². The molecule has 0 bridgehead atoms. The van der Waals surface area contributed by atoms with Crippen LogP contribution in [0.2, 0.25) is 0 Å². The maximum atomic E-state index is 12.7. The van der Waals surface area contributed by atoms with Crippen LogP contribution in [0.25, 0.3) is 0 Å². The third kappa shape index (κ3) is 8.62. The molecule has 2 N–H and O–H groups in total. The monoisotopic (exact) mass is 555 g/mol. The molecule has 11 nitrogen and oxygen atoms in total. The van der Waals surface area contributed by atoms with E-state index in [-0.39, 0.29) is 35.3 Å². The Balaban J connectivity index is 1.51. The van der Waals surface area contributed by atoms with Crippen LogP contribution in [0.1, 0.15) is 43.7 Å². The smallest absolute Gasteiger partial charge is 0.356 e. The summed E-state index contributed by atoms with van der Waals surface area (Å²) in [4.78, 5) is 40.4. The van der Waals surface area contributed by atoms with Crippen LogP contribution < -0.4 is 14.8 Å². The number of nitrogens with zero attached hydrogens (tertiary/aromatic N) is 1. The Morgan fingerprint density at radius 3 is 2.18 bits per heavy atom. The molecule has 0 radical (unpaired) electrons. The Morgan fingerprint density at radius 2 is 1.56 bits per heavy atom. The quantitative estimate of drug-likeness (QED) is 0.239. The van der Waals surface area contributed by atoms with Crippen molar-refractivity contribution in [2.75, 3.05) is 33.5 Å². The number of hydrogen-bond acceptors (Lipinski definition) is 9. The van der Waals surface area contributed by atoms with Crippen LogP contribution in [-0.2, 0) is 25.9 Å². The molecule has 0 aliphatic heterocycles. The first kappa shape index (κ1) is 29.3. The number of carbonyl (C=O) groups excluding carboxylic acids is 3. The van der Waals surface area contributed by atoms with E-state index in [2.05, 4.69) is 10.3 Å². The predicted molar refractivity (Wildman–Crippen MR) is 141 cm³/mol. The number of nitrogens with one attached hydrogen (secondary N) is 2. The van der Waals surface area contributed by atoms with Crippen molar-refractivity contribution in [2.24, 2.45) is 0 Å². The predicted octanol–water partition coefficient (Wildman–Crippen LogP) is 2.37. The Bertz CT molecular complexity index is 1370. The maximum absolute atomic E-state index is 12.7. The van der Waals surface area contributed by atoms with Gasteiger partial charge in [0.25, 0.3) is 21.8 Å². The Hall–Kier alpha value is -4.29. The number of sulfonamides is 1. The lowest BCUT2D eigenvalue weighted by Crippen LogP contribution is -2.30. The molecule has 2 amide bonds. The van der Waals surface area contributed by atoms with Crippen molar-refractivity contribution < 1.29 is 37.0 Å². The van der Waals surface area contributed by atoms with E-state index in [0.29, 0.717) is 30.9 Å². The Kier molecular flexibility index (Phi) is 10.5. The highest BCUT2D eigenvalue weighted by Gasteiger charge is 2.20.